The number of carbonyl (C=O) groups is 1. The van der Waals surface area contributed by atoms with Gasteiger partial charge in [0.05, 0.1) is 25.0 Å². The number of rotatable bonds is 4. The molecule has 0 unspecified atom stereocenters. The van der Waals surface area contributed by atoms with E-state index in [1.807, 2.05) is 41.3 Å². The molecule has 1 amide bonds. The Morgan fingerprint density at radius 1 is 1.24 bits per heavy atom. The van der Waals surface area contributed by atoms with Crippen LogP contribution in [-0.2, 0) is 0 Å². The van der Waals surface area contributed by atoms with E-state index in [4.69, 9.17) is 4.74 Å². The molecule has 4 aromatic rings. The molecule has 3 aromatic heterocycles. The molecule has 0 bridgehead atoms. The van der Waals surface area contributed by atoms with Crippen LogP contribution in [0.15, 0.2) is 54.9 Å². The third-order valence-electron chi connectivity index (χ3n) is 5.50. The van der Waals surface area contributed by atoms with Gasteiger partial charge in [-0.3, -0.25) is 9.89 Å². The van der Waals surface area contributed by atoms with Crippen LogP contribution < -0.4 is 4.74 Å². The molecular weight excluding hydrogens is 366 g/mol. The number of aromatic amines is 2. The normalized spacial score (nSPS) is 16.4. The third kappa shape index (κ3) is 3.14. The highest BCUT2D eigenvalue weighted by molar-refractivity contribution is 5.98. The van der Waals surface area contributed by atoms with Crippen LogP contribution in [0.1, 0.15) is 34.9 Å². The highest BCUT2D eigenvalue weighted by Crippen LogP contribution is 2.34. The molecule has 5 rings (SSSR count). The van der Waals surface area contributed by atoms with Crippen LogP contribution in [0.3, 0.4) is 0 Å². The van der Waals surface area contributed by atoms with Crippen molar-refractivity contribution in [3.05, 3.63) is 66.1 Å². The number of likely N-dealkylation sites (tertiary alicyclic amines) is 1. The summed E-state index contributed by atoms with van der Waals surface area (Å²) in [7, 11) is 1.66. The van der Waals surface area contributed by atoms with Crippen molar-refractivity contribution in [3.63, 3.8) is 0 Å². The molecular formula is C22H21N5O2. The highest BCUT2D eigenvalue weighted by Gasteiger charge is 2.31. The van der Waals surface area contributed by atoms with Gasteiger partial charge in [-0.05, 0) is 48.7 Å². The molecule has 0 spiro atoms. The summed E-state index contributed by atoms with van der Waals surface area (Å²) < 4.78 is 5.35. The van der Waals surface area contributed by atoms with E-state index in [-0.39, 0.29) is 11.9 Å². The zero-order chi connectivity index (χ0) is 19.8. The van der Waals surface area contributed by atoms with Crippen molar-refractivity contribution < 1.29 is 9.53 Å². The zero-order valence-corrected chi connectivity index (χ0v) is 16.1. The van der Waals surface area contributed by atoms with Crippen molar-refractivity contribution in [2.24, 2.45) is 0 Å². The maximum absolute atomic E-state index is 13.3. The lowest BCUT2D eigenvalue weighted by molar-refractivity contribution is 0.0730. The van der Waals surface area contributed by atoms with Gasteiger partial charge in [-0.25, -0.2) is 4.98 Å². The summed E-state index contributed by atoms with van der Waals surface area (Å²) in [6.07, 6.45) is 5.46. The van der Waals surface area contributed by atoms with Gasteiger partial charge >= 0.3 is 0 Å². The van der Waals surface area contributed by atoms with Crippen LogP contribution in [0.5, 0.6) is 5.75 Å². The van der Waals surface area contributed by atoms with Crippen molar-refractivity contribution in [2.45, 2.75) is 18.9 Å². The number of hydrogen-bond donors (Lipinski definition) is 2. The Kier molecular flexibility index (Phi) is 4.27. The summed E-state index contributed by atoms with van der Waals surface area (Å²) in [6.45, 7) is 0.740. The van der Waals surface area contributed by atoms with Crippen LogP contribution in [-0.4, -0.2) is 44.6 Å². The van der Waals surface area contributed by atoms with E-state index in [0.29, 0.717) is 11.3 Å². The number of ether oxygens (including phenoxy) is 1. The third-order valence-corrected chi connectivity index (χ3v) is 5.50. The lowest BCUT2D eigenvalue weighted by Crippen LogP contribution is -2.30. The maximum atomic E-state index is 13.3. The first kappa shape index (κ1) is 17.5. The summed E-state index contributed by atoms with van der Waals surface area (Å²) in [6, 6.07) is 13.8. The Bertz CT molecular complexity index is 1170. The molecule has 0 aliphatic carbocycles. The summed E-state index contributed by atoms with van der Waals surface area (Å²) in [5.41, 5.74) is 4.08. The van der Waals surface area contributed by atoms with Crippen molar-refractivity contribution in [1.82, 2.24) is 25.1 Å². The molecule has 146 valence electrons. The van der Waals surface area contributed by atoms with Crippen LogP contribution in [0.4, 0.5) is 0 Å². The lowest BCUT2D eigenvalue weighted by Gasteiger charge is -2.25. The lowest BCUT2D eigenvalue weighted by atomic mass is 10.0. The monoisotopic (exact) mass is 387 g/mol. The van der Waals surface area contributed by atoms with Gasteiger partial charge in [0.1, 0.15) is 17.1 Å². The molecule has 7 heteroatoms. The van der Waals surface area contributed by atoms with Gasteiger partial charge in [-0.1, -0.05) is 12.1 Å². The number of hydrogen-bond acceptors (Lipinski definition) is 4. The van der Waals surface area contributed by atoms with E-state index >= 15 is 0 Å². The van der Waals surface area contributed by atoms with Crippen molar-refractivity contribution in [1.29, 1.82) is 0 Å². The first-order valence-corrected chi connectivity index (χ1v) is 9.67. The maximum Gasteiger partial charge on any atom is 0.270 e. The molecule has 1 atom stereocenters. The van der Waals surface area contributed by atoms with E-state index in [2.05, 4.69) is 26.2 Å². The Morgan fingerprint density at radius 3 is 3.00 bits per heavy atom. The summed E-state index contributed by atoms with van der Waals surface area (Å²) in [5.74, 6) is 0.807. The average Bonchev–Trinajstić information content (AvgIpc) is 3.52. The summed E-state index contributed by atoms with van der Waals surface area (Å²) in [4.78, 5) is 23.1. The molecule has 1 fully saturated rings. The van der Waals surface area contributed by atoms with Crippen LogP contribution >= 0.6 is 0 Å². The number of amides is 1. The fraction of sp³-hybridized carbons (Fsp3) is 0.227. The second-order valence-electron chi connectivity index (χ2n) is 7.24. The predicted octanol–water partition coefficient (Wildman–Crippen LogP) is 3.94. The minimum atomic E-state index is -0.00168. The van der Waals surface area contributed by atoms with Gasteiger partial charge in [0.2, 0.25) is 0 Å². The molecule has 0 saturated carbocycles. The summed E-state index contributed by atoms with van der Waals surface area (Å²) in [5, 5.41) is 7.68. The molecule has 1 aliphatic rings. The minimum absolute atomic E-state index is 0.00168. The standard InChI is InChI=1S/C22H21N5O2/c1-29-17-5-2-4-14(10-17)20-6-3-9-27(20)22(28)19-11-15-7-8-18(25-21(15)26-19)16-12-23-24-13-16/h2,4-5,7-8,10-13,20H,3,6,9H2,1H3,(H,23,24)(H,25,26)/t20-/m1/s1. The molecule has 1 saturated heterocycles. The fourth-order valence-corrected chi connectivity index (χ4v) is 4.03. The second kappa shape index (κ2) is 7.09. The quantitative estimate of drug-likeness (QED) is 0.555. The molecule has 0 radical (unpaired) electrons. The van der Waals surface area contributed by atoms with Gasteiger partial charge in [-0.15, -0.1) is 0 Å². The van der Waals surface area contributed by atoms with Gasteiger partial charge < -0.3 is 14.6 Å². The largest absolute Gasteiger partial charge is 0.497 e. The molecule has 1 aromatic carbocycles. The number of carbonyl (C=O) groups excluding carboxylic acids is 1. The molecule has 4 heterocycles. The molecule has 29 heavy (non-hydrogen) atoms. The van der Waals surface area contributed by atoms with E-state index in [9.17, 15) is 4.79 Å². The van der Waals surface area contributed by atoms with Crippen LogP contribution in [0.2, 0.25) is 0 Å². The Balaban J connectivity index is 1.45. The Morgan fingerprint density at radius 2 is 2.17 bits per heavy atom. The number of nitrogens with zero attached hydrogens (tertiary/aromatic N) is 3. The van der Waals surface area contributed by atoms with Gasteiger partial charge in [0.15, 0.2) is 0 Å². The second-order valence-corrected chi connectivity index (χ2v) is 7.24. The van der Waals surface area contributed by atoms with Crippen LogP contribution in [0, 0.1) is 0 Å². The van der Waals surface area contributed by atoms with Crippen molar-refractivity contribution in [2.75, 3.05) is 13.7 Å². The Hall–Kier alpha value is -3.61. The topological polar surface area (TPSA) is 86.9 Å². The number of aromatic nitrogens is 4. The molecule has 2 N–H and O–H groups in total. The number of pyridine rings is 1. The van der Waals surface area contributed by atoms with Crippen molar-refractivity contribution >= 4 is 16.9 Å². The summed E-state index contributed by atoms with van der Waals surface area (Å²) >= 11 is 0. The van der Waals surface area contributed by atoms with Crippen molar-refractivity contribution in [3.8, 4) is 17.0 Å². The average molecular weight is 387 g/mol. The first-order valence-electron chi connectivity index (χ1n) is 9.67. The van der Waals surface area contributed by atoms with E-state index in [1.54, 1.807) is 19.5 Å². The smallest absolute Gasteiger partial charge is 0.270 e. The number of nitrogens with one attached hydrogen (secondary N) is 2. The van der Waals surface area contributed by atoms with E-state index < -0.39 is 0 Å². The predicted molar refractivity (Wildman–Crippen MR) is 110 cm³/mol. The first-order chi connectivity index (χ1) is 14.2. The fourth-order valence-electron chi connectivity index (χ4n) is 4.03. The van der Waals surface area contributed by atoms with E-state index in [1.165, 1.54) is 0 Å². The minimum Gasteiger partial charge on any atom is -0.497 e. The van der Waals surface area contributed by atoms with Crippen LogP contribution in [0.25, 0.3) is 22.3 Å². The zero-order valence-electron chi connectivity index (χ0n) is 16.1. The van der Waals surface area contributed by atoms with Gasteiger partial charge in [0.25, 0.3) is 5.91 Å². The number of methoxy groups -OCH3 is 1. The van der Waals surface area contributed by atoms with Gasteiger partial charge in [-0.2, -0.15) is 5.10 Å². The Labute approximate surface area is 167 Å². The molecule has 7 nitrogen and oxygen atoms in total. The van der Waals surface area contributed by atoms with Gasteiger partial charge in [0, 0.05) is 23.7 Å². The van der Waals surface area contributed by atoms with E-state index in [0.717, 1.165) is 47.3 Å². The number of benzene rings is 1. The highest BCUT2D eigenvalue weighted by atomic mass is 16.5. The number of H-pyrrole nitrogens is 2. The SMILES string of the molecule is COc1cccc([C@H]2CCCN2C(=O)c2cc3ccc(-c4cn[nH]c4)nc3[nH]2)c1. The molecule has 1 aliphatic heterocycles. The number of fused-ring (bicyclic) bond motifs is 1.